The number of likely N-dealkylation sites (tertiary alicyclic amines) is 2. The van der Waals surface area contributed by atoms with Crippen LogP contribution in [0.3, 0.4) is 0 Å². The quantitative estimate of drug-likeness (QED) is 0.853. The molecule has 1 aromatic rings. The Morgan fingerprint density at radius 2 is 1.90 bits per heavy atom. The largest absolute Gasteiger partial charge is 0.334 e. The van der Waals surface area contributed by atoms with Crippen molar-refractivity contribution in [2.75, 3.05) is 26.2 Å². The second kappa shape index (κ2) is 5.79. The van der Waals surface area contributed by atoms with E-state index in [2.05, 4.69) is 23.8 Å². The minimum Gasteiger partial charge on any atom is -0.334 e. The van der Waals surface area contributed by atoms with E-state index >= 15 is 0 Å². The van der Waals surface area contributed by atoms with Crippen molar-refractivity contribution in [3.05, 3.63) is 17.5 Å². The van der Waals surface area contributed by atoms with Gasteiger partial charge in [-0.3, -0.25) is 14.4 Å². The average molecular weight is 290 g/mol. The Morgan fingerprint density at radius 1 is 1.24 bits per heavy atom. The van der Waals surface area contributed by atoms with Gasteiger partial charge in [0.1, 0.15) is 5.69 Å². The van der Waals surface area contributed by atoms with Crippen LogP contribution in [0.25, 0.3) is 0 Å². The van der Waals surface area contributed by atoms with Gasteiger partial charge < -0.3 is 4.90 Å². The lowest BCUT2D eigenvalue weighted by atomic mass is 10.0. The Kier molecular flexibility index (Phi) is 4.02. The summed E-state index contributed by atoms with van der Waals surface area (Å²) in [4.78, 5) is 17.1. The van der Waals surface area contributed by atoms with Crippen LogP contribution in [-0.2, 0) is 7.05 Å². The molecule has 0 radical (unpaired) electrons. The second-order valence-electron chi connectivity index (χ2n) is 6.69. The van der Waals surface area contributed by atoms with Crippen LogP contribution in [0.4, 0.5) is 0 Å². The summed E-state index contributed by atoms with van der Waals surface area (Å²) in [5.41, 5.74) is 1.71. The van der Waals surface area contributed by atoms with Crippen molar-refractivity contribution in [1.29, 1.82) is 0 Å². The lowest BCUT2D eigenvalue weighted by Crippen LogP contribution is -2.62. The molecule has 21 heavy (non-hydrogen) atoms. The Bertz CT molecular complexity index is 510. The Hall–Kier alpha value is -1.36. The Balaban J connectivity index is 1.60. The smallest absolute Gasteiger partial charge is 0.272 e. The number of carbonyl (C=O) groups is 1. The summed E-state index contributed by atoms with van der Waals surface area (Å²) < 4.78 is 1.73. The van der Waals surface area contributed by atoms with E-state index in [1.165, 1.54) is 32.4 Å². The van der Waals surface area contributed by atoms with Gasteiger partial charge in [0.05, 0.1) is 5.69 Å². The first-order valence-corrected chi connectivity index (χ1v) is 8.13. The standard InChI is InChI=1S/C16H26N4O/c1-12(2)14-9-15(18(3)17-14)16(21)20-10-13(11-20)19-7-5-4-6-8-19/h9,12-13H,4-8,10-11H2,1-3H3. The van der Waals surface area contributed by atoms with Crippen LogP contribution in [0.1, 0.15) is 55.2 Å². The molecule has 0 bridgehead atoms. The van der Waals surface area contributed by atoms with Gasteiger partial charge in [0.15, 0.2) is 0 Å². The molecule has 0 N–H and O–H groups in total. The van der Waals surface area contributed by atoms with Crippen molar-refractivity contribution in [3.63, 3.8) is 0 Å². The number of nitrogens with zero attached hydrogens (tertiary/aromatic N) is 4. The minimum absolute atomic E-state index is 0.130. The molecule has 0 saturated carbocycles. The van der Waals surface area contributed by atoms with Crippen LogP contribution < -0.4 is 0 Å². The van der Waals surface area contributed by atoms with Gasteiger partial charge in [-0.25, -0.2) is 0 Å². The first-order valence-electron chi connectivity index (χ1n) is 8.13. The fraction of sp³-hybridized carbons (Fsp3) is 0.750. The highest BCUT2D eigenvalue weighted by Gasteiger charge is 2.36. The van der Waals surface area contributed by atoms with Gasteiger partial charge in [-0.05, 0) is 37.9 Å². The summed E-state index contributed by atoms with van der Waals surface area (Å²) in [5.74, 6) is 0.486. The highest BCUT2D eigenvalue weighted by atomic mass is 16.2. The number of hydrogen-bond donors (Lipinski definition) is 0. The van der Waals surface area contributed by atoms with Crippen LogP contribution in [0.2, 0.25) is 0 Å². The predicted octanol–water partition coefficient (Wildman–Crippen LogP) is 1.85. The fourth-order valence-electron chi connectivity index (χ4n) is 3.27. The van der Waals surface area contributed by atoms with Crippen LogP contribution in [0.5, 0.6) is 0 Å². The number of aryl methyl sites for hydroxylation is 1. The van der Waals surface area contributed by atoms with Crippen molar-refractivity contribution in [1.82, 2.24) is 19.6 Å². The van der Waals surface area contributed by atoms with E-state index in [-0.39, 0.29) is 5.91 Å². The van der Waals surface area contributed by atoms with Crippen molar-refractivity contribution in [2.24, 2.45) is 7.05 Å². The predicted molar refractivity (Wildman–Crippen MR) is 82.4 cm³/mol. The van der Waals surface area contributed by atoms with E-state index in [9.17, 15) is 4.79 Å². The fourth-order valence-corrected chi connectivity index (χ4v) is 3.27. The maximum atomic E-state index is 12.6. The summed E-state index contributed by atoms with van der Waals surface area (Å²) in [5, 5.41) is 4.44. The molecular weight excluding hydrogens is 264 g/mol. The number of amides is 1. The van der Waals surface area contributed by atoms with Gasteiger partial charge in [-0.2, -0.15) is 5.10 Å². The van der Waals surface area contributed by atoms with Gasteiger partial charge in [0, 0.05) is 26.2 Å². The van der Waals surface area contributed by atoms with Crippen molar-refractivity contribution in [3.8, 4) is 0 Å². The third-order valence-electron chi connectivity index (χ3n) is 4.77. The molecule has 1 amide bonds. The molecule has 3 rings (SSSR count). The number of carbonyl (C=O) groups excluding carboxylic acids is 1. The Labute approximate surface area is 126 Å². The molecule has 0 unspecified atom stereocenters. The molecule has 5 nitrogen and oxygen atoms in total. The van der Waals surface area contributed by atoms with Gasteiger partial charge >= 0.3 is 0 Å². The van der Waals surface area contributed by atoms with E-state index in [1.54, 1.807) is 4.68 Å². The maximum Gasteiger partial charge on any atom is 0.272 e. The molecule has 0 aromatic carbocycles. The molecule has 3 heterocycles. The van der Waals surface area contributed by atoms with Gasteiger partial charge in [0.25, 0.3) is 5.91 Å². The van der Waals surface area contributed by atoms with Gasteiger partial charge in [0.2, 0.25) is 0 Å². The molecule has 2 aliphatic rings. The van der Waals surface area contributed by atoms with Crippen molar-refractivity contribution >= 4 is 5.91 Å². The van der Waals surface area contributed by atoms with E-state index in [0.717, 1.165) is 24.5 Å². The zero-order chi connectivity index (χ0) is 15.0. The molecule has 0 spiro atoms. The highest BCUT2D eigenvalue weighted by molar-refractivity contribution is 5.93. The van der Waals surface area contributed by atoms with E-state index < -0.39 is 0 Å². The third-order valence-corrected chi connectivity index (χ3v) is 4.77. The van der Waals surface area contributed by atoms with Crippen LogP contribution in [0.15, 0.2) is 6.07 Å². The molecule has 116 valence electrons. The van der Waals surface area contributed by atoms with Crippen molar-refractivity contribution in [2.45, 2.75) is 45.1 Å². The van der Waals surface area contributed by atoms with E-state index in [4.69, 9.17) is 0 Å². The van der Waals surface area contributed by atoms with Crippen LogP contribution in [0, 0.1) is 0 Å². The first kappa shape index (κ1) is 14.6. The molecule has 2 saturated heterocycles. The summed E-state index contributed by atoms with van der Waals surface area (Å²) in [6.45, 7) is 8.37. The molecule has 2 aliphatic heterocycles. The Morgan fingerprint density at radius 3 is 2.48 bits per heavy atom. The number of rotatable bonds is 3. The molecule has 1 aromatic heterocycles. The SMILES string of the molecule is CC(C)c1cc(C(=O)N2CC(N3CCCCC3)C2)n(C)n1. The van der Waals surface area contributed by atoms with E-state index in [0.29, 0.717) is 12.0 Å². The lowest BCUT2D eigenvalue weighted by molar-refractivity contribution is 0.0196. The molecule has 5 heteroatoms. The monoisotopic (exact) mass is 290 g/mol. The van der Waals surface area contributed by atoms with Crippen molar-refractivity contribution < 1.29 is 4.79 Å². The van der Waals surface area contributed by atoms with E-state index in [1.807, 2.05) is 18.0 Å². The zero-order valence-corrected chi connectivity index (χ0v) is 13.4. The zero-order valence-electron chi connectivity index (χ0n) is 13.4. The highest BCUT2D eigenvalue weighted by Crippen LogP contribution is 2.22. The molecule has 2 fully saturated rings. The summed E-state index contributed by atoms with van der Waals surface area (Å²) in [6, 6.07) is 2.52. The van der Waals surface area contributed by atoms with Gasteiger partial charge in [-0.15, -0.1) is 0 Å². The van der Waals surface area contributed by atoms with Crippen LogP contribution >= 0.6 is 0 Å². The third kappa shape index (κ3) is 2.84. The normalized spacial score (nSPS) is 20.9. The molecular formula is C16H26N4O. The number of piperidine rings is 1. The number of aromatic nitrogens is 2. The summed E-state index contributed by atoms with van der Waals surface area (Å²) in [6.07, 6.45) is 3.98. The average Bonchev–Trinajstić information content (AvgIpc) is 2.80. The summed E-state index contributed by atoms with van der Waals surface area (Å²) >= 11 is 0. The first-order chi connectivity index (χ1) is 10.1. The minimum atomic E-state index is 0.130. The second-order valence-corrected chi connectivity index (χ2v) is 6.69. The molecule has 0 atom stereocenters. The lowest BCUT2D eigenvalue weighted by Gasteiger charge is -2.46. The molecule has 0 aliphatic carbocycles. The number of hydrogen-bond acceptors (Lipinski definition) is 3. The maximum absolute atomic E-state index is 12.6. The van der Waals surface area contributed by atoms with Crippen LogP contribution in [-0.4, -0.2) is 57.7 Å². The topological polar surface area (TPSA) is 41.4 Å². The van der Waals surface area contributed by atoms with Gasteiger partial charge in [-0.1, -0.05) is 20.3 Å². The summed E-state index contributed by atoms with van der Waals surface area (Å²) in [7, 11) is 1.86.